The number of hydrogen-bond acceptors (Lipinski definition) is 6. The number of quaternary nitrogens is 1. The zero-order chi connectivity index (χ0) is 44.2. The molecule has 0 aromatic carbocycles. The number of rotatable bonds is 40. The Bertz CT molecular complexity index is 1300. The van der Waals surface area contributed by atoms with Gasteiger partial charge < -0.3 is 23.8 Å². The van der Waals surface area contributed by atoms with E-state index in [1.807, 2.05) is 21.1 Å². The van der Waals surface area contributed by atoms with Crippen molar-refractivity contribution in [3.05, 3.63) is 97.2 Å². The number of esters is 2. The average molecular weight is 837 g/mol. The van der Waals surface area contributed by atoms with Gasteiger partial charge in [-0.05, 0) is 89.9 Å². The second kappa shape index (κ2) is 42.0. The molecule has 2 atom stereocenters. The number of carboxylic acids is 1. The normalized spacial score (nSPS) is 13.8. The molecule has 0 aromatic rings. The van der Waals surface area contributed by atoms with E-state index in [1.165, 1.54) is 25.7 Å². The summed E-state index contributed by atoms with van der Waals surface area (Å²) in [6.45, 7) is 4.45. The summed E-state index contributed by atoms with van der Waals surface area (Å²) in [5.41, 5.74) is 0. The number of likely N-dealkylation sites (N-methyl/N-ethyl adjacent to an activating group) is 1. The number of carboxylic acid groups (broad SMARTS) is 1. The zero-order valence-electron chi connectivity index (χ0n) is 38.6. The monoisotopic (exact) mass is 837 g/mol. The van der Waals surface area contributed by atoms with Gasteiger partial charge in [0, 0.05) is 19.3 Å². The first kappa shape index (κ1) is 56.2. The lowest BCUT2D eigenvalue weighted by atomic mass is 10.1. The summed E-state index contributed by atoms with van der Waals surface area (Å²) in [7, 11) is 5.50. The van der Waals surface area contributed by atoms with E-state index in [9.17, 15) is 19.5 Å². The molecule has 1 N–H and O–H groups in total. The Labute approximate surface area is 366 Å². The van der Waals surface area contributed by atoms with Gasteiger partial charge in [0.05, 0.1) is 34.4 Å². The van der Waals surface area contributed by atoms with Gasteiger partial charge >= 0.3 is 17.9 Å². The van der Waals surface area contributed by atoms with E-state index in [-0.39, 0.29) is 42.7 Å². The highest BCUT2D eigenvalue weighted by molar-refractivity contribution is 5.72. The molecular formula is C52H86NO7+. The molecule has 0 aliphatic carbocycles. The highest BCUT2D eigenvalue weighted by Gasteiger charge is 2.31. The molecule has 0 bridgehead atoms. The fraction of sp³-hybridized carbons (Fsp3) is 0.635. The van der Waals surface area contributed by atoms with Gasteiger partial charge in [0.1, 0.15) is 6.61 Å². The van der Waals surface area contributed by atoms with Crippen LogP contribution in [-0.2, 0) is 28.6 Å². The minimum absolute atomic E-state index is 0.0386. The van der Waals surface area contributed by atoms with Crippen LogP contribution >= 0.6 is 0 Å². The molecule has 0 aliphatic heterocycles. The minimum Gasteiger partial charge on any atom is -0.477 e. The molecule has 0 aromatic heterocycles. The highest BCUT2D eigenvalue weighted by atomic mass is 16.6. The van der Waals surface area contributed by atoms with Crippen molar-refractivity contribution in [3.8, 4) is 0 Å². The highest BCUT2D eigenvalue weighted by Crippen LogP contribution is 2.13. The Morgan fingerprint density at radius 3 is 1.32 bits per heavy atom. The molecule has 0 heterocycles. The number of carbonyl (C=O) groups excluding carboxylic acids is 2. The summed E-state index contributed by atoms with van der Waals surface area (Å²) < 4.78 is 17.3. The number of allylic oxidation sites excluding steroid dienone is 16. The first-order chi connectivity index (χ1) is 29.1. The maximum atomic E-state index is 12.8. The first-order valence-corrected chi connectivity index (χ1v) is 23.3. The van der Waals surface area contributed by atoms with Gasteiger partial charge in [0.2, 0.25) is 0 Å². The summed E-state index contributed by atoms with van der Waals surface area (Å²) in [5, 5.41) is 9.63. The average Bonchev–Trinajstić information content (AvgIpc) is 3.21. The third kappa shape index (κ3) is 39.7. The van der Waals surface area contributed by atoms with E-state index in [1.54, 1.807) is 0 Å². The third-order valence-corrected chi connectivity index (χ3v) is 9.73. The molecule has 0 radical (unpaired) electrons. The lowest BCUT2D eigenvalue weighted by Gasteiger charge is -2.31. The van der Waals surface area contributed by atoms with Crippen molar-refractivity contribution in [2.24, 2.45) is 0 Å². The fourth-order valence-electron chi connectivity index (χ4n) is 6.19. The number of unbranched alkanes of at least 4 members (excludes halogenated alkanes) is 10. The molecule has 0 saturated heterocycles. The molecule has 0 rings (SSSR count). The Morgan fingerprint density at radius 1 is 0.500 bits per heavy atom. The van der Waals surface area contributed by atoms with Crippen LogP contribution in [0.2, 0.25) is 0 Å². The second-order valence-corrected chi connectivity index (χ2v) is 16.2. The Kier molecular flexibility index (Phi) is 39.3. The van der Waals surface area contributed by atoms with Crippen LogP contribution in [0.3, 0.4) is 0 Å². The Hall–Kier alpha value is -3.75. The molecule has 0 fully saturated rings. The number of hydrogen-bond donors (Lipinski definition) is 1. The molecule has 340 valence electrons. The molecule has 2 unspecified atom stereocenters. The molecular weight excluding hydrogens is 751 g/mol. The molecule has 0 spiro atoms. The van der Waals surface area contributed by atoms with Crippen LogP contribution in [0.1, 0.15) is 162 Å². The van der Waals surface area contributed by atoms with E-state index in [2.05, 4.69) is 111 Å². The van der Waals surface area contributed by atoms with Crippen molar-refractivity contribution in [1.82, 2.24) is 0 Å². The quantitative estimate of drug-likeness (QED) is 0.0284. The third-order valence-electron chi connectivity index (χ3n) is 9.73. The molecule has 8 nitrogen and oxygen atoms in total. The maximum Gasteiger partial charge on any atom is 0.362 e. The predicted octanol–water partition coefficient (Wildman–Crippen LogP) is 13.1. The van der Waals surface area contributed by atoms with E-state index >= 15 is 0 Å². The molecule has 60 heavy (non-hydrogen) atoms. The van der Waals surface area contributed by atoms with Crippen molar-refractivity contribution in [2.45, 2.75) is 174 Å². The van der Waals surface area contributed by atoms with Crippen molar-refractivity contribution in [3.63, 3.8) is 0 Å². The predicted molar refractivity (Wildman–Crippen MR) is 252 cm³/mol. The van der Waals surface area contributed by atoms with Crippen LogP contribution < -0.4 is 0 Å². The number of aliphatic carboxylic acids is 1. The van der Waals surface area contributed by atoms with Gasteiger partial charge in [-0.3, -0.25) is 9.59 Å². The molecule has 8 heteroatoms. The van der Waals surface area contributed by atoms with Crippen molar-refractivity contribution >= 4 is 17.9 Å². The molecule has 0 amide bonds. The Balaban J connectivity index is 4.41. The van der Waals surface area contributed by atoms with Gasteiger partial charge in [-0.1, -0.05) is 150 Å². The van der Waals surface area contributed by atoms with Gasteiger partial charge in [-0.2, -0.15) is 0 Å². The lowest BCUT2D eigenvalue weighted by Crippen LogP contribution is -2.50. The van der Waals surface area contributed by atoms with Gasteiger partial charge in [-0.15, -0.1) is 0 Å². The second-order valence-electron chi connectivity index (χ2n) is 16.2. The van der Waals surface area contributed by atoms with Crippen molar-refractivity contribution < 1.29 is 38.2 Å². The van der Waals surface area contributed by atoms with Gasteiger partial charge in [0.15, 0.2) is 12.1 Å². The minimum atomic E-state index is -0.886. The number of nitrogens with zero attached hydrogens (tertiary/aromatic N) is 1. The van der Waals surface area contributed by atoms with Crippen molar-refractivity contribution in [1.29, 1.82) is 0 Å². The van der Waals surface area contributed by atoms with Gasteiger partial charge in [0.25, 0.3) is 0 Å². The molecule has 0 aliphatic rings. The van der Waals surface area contributed by atoms with Crippen molar-refractivity contribution in [2.75, 3.05) is 41.0 Å². The van der Waals surface area contributed by atoms with Crippen LogP contribution in [0.5, 0.6) is 0 Å². The standard InChI is InChI=1S/C52H85NO7/c1-6-8-10-12-14-16-18-20-22-23-24-25-26-27-28-29-31-33-35-37-39-41-43-51(55)60-48(46-58-45-44-49(52(56)57)53(3,4)5)47-59-50(54)42-40-38-36-34-32-30-21-19-17-15-13-11-9-7-2/h8-11,14-17,20,22,24-25,27-28,31,33,48-49H,6-7,12-13,18-19,21,23,26,29-30,32,34-47H2,1-5H3/p+1/b10-8+,11-9+,16-14+,17-15+,22-20+,25-24+,28-27+,33-31+. The summed E-state index contributed by atoms with van der Waals surface area (Å²) in [6, 6.07) is -0.628. The van der Waals surface area contributed by atoms with Gasteiger partial charge in [-0.25, -0.2) is 4.79 Å². The SMILES string of the molecule is CC/C=C/C/C=C/C/C=C/C/C=C/C/C=C/C/C=C/CCCCCC(=O)OC(COCCC(C(=O)O)[N+](C)(C)C)COC(=O)CCCCCCCCC/C=C/C/C=C/CC. The van der Waals surface area contributed by atoms with Crippen LogP contribution in [0, 0.1) is 0 Å². The summed E-state index contributed by atoms with van der Waals surface area (Å²) in [5.74, 6) is -1.53. The lowest BCUT2D eigenvalue weighted by molar-refractivity contribution is -0.887. The van der Waals surface area contributed by atoms with Crippen LogP contribution in [-0.4, -0.2) is 80.6 Å². The van der Waals surface area contributed by atoms with E-state index in [0.29, 0.717) is 19.3 Å². The smallest absolute Gasteiger partial charge is 0.362 e. The number of carbonyl (C=O) groups is 3. The van der Waals surface area contributed by atoms with E-state index in [0.717, 1.165) is 96.3 Å². The maximum absolute atomic E-state index is 12.8. The summed E-state index contributed by atoms with van der Waals surface area (Å²) in [6.07, 6.45) is 56.0. The zero-order valence-corrected chi connectivity index (χ0v) is 38.6. The fourth-order valence-corrected chi connectivity index (χ4v) is 6.19. The van der Waals surface area contributed by atoms with Crippen LogP contribution in [0.4, 0.5) is 0 Å². The van der Waals surface area contributed by atoms with E-state index in [4.69, 9.17) is 14.2 Å². The summed E-state index contributed by atoms with van der Waals surface area (Å²) >= 11 is 0. The summed E-state index contributed by atoms with van der Waals surface area (Å²) in [4.78, 5) is 37.0. The van der Waals surface area contributed by atoms with Crippen LogP contribution in [0.15, 0.2) is 97.2 Å². The van der Waals surface area contributed by atoms with Crippen LogP contribution in [0.25, 0.3) is 0 Å². The largest absolute Gasteiger partial charge is 0.477 e. The Morgan fingerprint density at radius 2 is 0.883 bits per heavy atom. The topological polar surface area (TPSA) is 99.1 Å². The molecule has 0 saturated carbocycles. The first-order valence-electron chi connectivity index (χ1n) is 23.3. The van der Waals surface area contributed by atoms with E-state index < -0.39 is 18.1 Å². The number of ether oxygens (including phenoxy) is 3.